The third-order valence-corrected chi connectivity index (χ3v) is 4.18. The highest BCUT2D eigenvalue weighted by atomic mass is 14.9. The highest BCUT2D eigenvalue weighted by Gasteiger charge is 2.27. The molecule has 1 aromatic heterocycles. The zero-order valence-corrected chi connectivity index (χ0v) is 14.5. The molecule has 0 saturated carbocycles. The third kappa shape index (κ3) is 4.64. The molecule has 1 heterocycles. The molecule has 2 heteroatoms. The van der Waals surface area contributed by atoms with Crippen molar-refractivity contribution < 1.29 is 0 Å². The van der Waals surface area contributed by atoms with E-state index >= 15 is 0 Å². The van der Waals surface area contributed by atoms with Gasteiger partial charge in [0.2, 0.25) is 0 Å². The van der Waals surface area contributed by atoms with E-state index in [4.69, 9.17) is 4.98 Å². The van der Waals surface area contributed by atoms with Gasteiger partial charge in [0.1, 0.15) is 5.82 Å². The van der Waals surface area contributed by atoms with Crippen molar-refractivity contribution in [1.82, 2.24) is 9.97 Å². The van der Waals surface area contributed by atoms with Crippen LogP contribution in [0.25, 0.3) is 0 Å². The first kappa shape index (κ1) is 17.3. The van der Waals surface area contributed by atoms with Gasteiger partial charge in [0.05, 0.1) is 5.69 Å². The van der Waals surface area contributed by atoms with Gasteiger partial charge in [-0.15, -0.1) is 0 Å². The van der Waals surface area contributed by atoms with Crippen LogP contribution in [0.15, 0.2) is 0 Å². The number of nitrogens with one attached hydrogen (secondary N) is 1. The molecule has 1 rings (SSSR count). The molecule has 0 aliphatic rings. The quantitative estimate of drug-likeness (QED) is 0.574. The monoisotopic (exact) mass is 278 g/mol. The minimum Gasteiger partial charge on any atom is -0.345 e. The van der Waals surface area contributed by atoms with Gasteiger partial charge in [-0.25, -0.2) is 4.98 Å². The predicted octanol–water partition coefficient (Wildman–Crippen LogP) is 5.73. The zero-order chi connectivity index (χ0) is 15.2. The molecule has 0 amide bonds. The van der Waals surface area contributed by atoms with Crippen LogP contribution in [0.1, 0.15) is 103 Å². The summed E-state index contributed by atoms with van der Waals surface area (Å²) in [5.74, 6) is 1.70. The Bertz CT molecular complexity index is 388. The van der Waals surface area contributed by atoms with E-state index in [1.807, 2.05) is 0 Å². The maximum Gasteiger partial charge on any atom is 0.106 e. The SMILES string of the molecule is CCCCCc1nc(C(C)C)c(C(C)(C)CCCC)[nH]1. The molecule has 0 aliphatic heterocycles. The van der Waals surface area contributed by atoms with Crippen molar-refractivity contribution in [1.29, 1.82) is 0 Å². The molecule has 1 N–H and O–H groups in total. The van der Waals surface area contributed by atoms with Crippen LogP contribution >= 0.6 is 0 Å². The molecule has 20 heavy (non-hydrogen) atoms. The van der Waals surface area contributed by atoms with Crippen LogP contribution in [0.3, 0.4) is 0 Å². The lowest BCUT2D eigenvalue weighted by molar-refractivity contribution is 0.441. The van der Waals surface area contributed by atoms with Gasteiger partial charge in [-0.2, -0.15) is 0 Å². The molecular weight excluding hydrogens is 244 g/mol. The Morgan fingerprint density at radius 2 is 1.70 bits per heavy atom. The van der Waals surface area contributed by atoms with E-state index < -0.39 is 0 Å². The maximum atomic E-state index is 4.90. The number of imidazole rings is 1. The fourth-order valence-electron chi connectivity index (χ4n) is 2.78. The molecule has 1 aromatic rings. The van der Waals surface area contributed by atoms with Crippen molar-refractivity contribution in [3.05, 3.63) is 17.2 Å². The molecule has 0 atom stereocenters. The summed E-state index contributed by atoms with van der Waals surface area (Å²) in [7, 11) is 0. The van der Waals surface area contributed by atoms with Crippen molar-refractivity contribution in [2.24, 2.45) is 0 Å². The number of nitrogens with zero attached hydrogens (tertiary/aromatic N) is 1. The predicted molar refractivity (Wildman–Crippen MR) is 88.5 cm³/mol. The number of hydrogen-bond acceptors (Lipinski definition) is 1. The largest absolute Gasteiger partial charge is 0.345 e. The maximum absolute atomic E-state index is 4.90. The Morgan fingerprint density at radius 1 is 1.05 bits per heavy atom. The van der Waals surface area contributed by atoms with Crippen LogP contribution in [0.4, 0.5) is 0 Å². The number of hydrogen-bond donors (Lipinski definition) is 1. The minimum atomic E-state index is 0.214. The summed E-state index contributed by atoms with van der Waals surface area (Å²) in [5.41, 5.74) is 2.89. The lowest BCUT2D eigenvalue weighted by atomic mass is 9.81. The second-order valence-corrected chi connectivity index (χ2v) is 7.04. The van der Waals surface area contributed by atoms with Gasteiger partial charge in [-0.05, 0) is 18.8 Å². The minimum absolute atomic E-state index is 0.214. The molecule has 0 spiro atoms. The fraction of sp³-hybridized carbons (Fsp3) is 0.833. The highest BCUT2D eigenvalue weighted by Crippen LogP contribution is 2.33. The normalized spacial score (nSPS) is 12.3. The van der Waals surface area contributed by atoms with Crippen molar-refractivity contribution in [2.45, 2.75) is 97.8 Å². The van der Waals surface area contributed by atoms with Gasteiger partial charge in [0, 0.05) is 17.5 Å². The summed E-state index contributed by atoms with van der Waals surface area (Å²) in [5, 5.41) is 0. The molecule has 0 fully saturated rings. The van der Waals surface area contributed by atoms with Gasteiger partial charge in [-0.1, -0.05) is 67.2 Å². The van der Waals surface area contributed by atoms with E-state index in [1.165, 1.54) is 55.7 Å². The fourth-order valence-corrected chi connectivity index (χ4v) is 2.78. The topological polar surface area (TPSA) is 28.7 Å². The van der Waals surface area contributed by atoms with Crippen LogP contribution in [0.2, 0.25) is 0 Å². The van der Waals surface area contributed by atoms with Crippen molar-refractivity contribution in [2.75, 3.05) is 0 Å². The Kier molecular flexibility index (Phi) is 6.78. The summed E-state index contributed by atoms with van der Waals surface area (Å²) >= 11 is 0. The van der Waals surface area contributed by atoms with Crippen LogP contribution in [0.5, 0.6) is 0 Å². The second-order valence-electron chi connectivity index (χ2n) is 7.04. The first-order valence-electron chi connectivity index (χ1n) is 8.51. The number of unbranched alkanes of at least 4 members (excludes halogenated alkanes) is 3. The Balaban J connectivity index is 2.92. The van der Waals surface area contributed by atoms with Crippen LogP contribution < -0.4 is 0 Å². The average Bonchev–Trinajstić information content (AvgIpc) is 2.82. The number of H-pyrrole nitrogens is 1. The van der Waals surface area contributed by atoms with Crippen LogP contribution in [0, 0.1) is 0 Å². The van der Waals surface area contributed by atoms with Crippen molar-refractivity contribution in [3.63, 3.8) is 0 Å². The first-order chi connectivity index (χ1) is 9.42. The van der Waals surface area contributed by atoms with E-state index in [2.05, 4.69) is 46.5 Å². The number of rotatable bonds is 9. The number of aryl methyl sites for hydroxylation is 1. The Hall–Kier alpha value is -0.790. The van der Waals surface area contributed by atoms with Crippen LogP contribution in [-0.2, 0) is 11.8 Å². The van der Waals surface area contributed by atoms with Gasteiger partial charge < -0.3 is 4.98 Å². The second kappa shape index (κ2) is 7.85. The van der Waals surface area contributed by atoms with E-state index in [-0.39, 0.29) is 5.41 Å². The average molecular weight is 278 g/mol. The van der Waals surface area contributed by atoms with E-state index in [0.29, 0.717) is 5.92 Å². The molecule has 0 radical (unpaired) electrons. The standard InChI is InChI=1S/C18H34N2/c1-7-9-11-12-15-19-16(14(3)4)17(20-15)18(5,6)13-10-8-2/h14H,7-13H2,1-6H3,(H,19,20). The van der Waals surface area contributed by atoms with Gasteiger partial charge in [-0.3, -0.25) is 0 Å². The van der Waals surface area contributed by atoms with E-state index in [0.717, 1.165) is 6.42 Å². The zero-order valence-electron chi connectivity index (χ0n) is 14.5. The molecule has 116 valence electrons. The van der Waals surface area contributed by atoms with Gasteiger partial charge >= 0.3 is 0 Å². The summed E-state index contributed by atoms with van der Waals surface area (Å²) in [4.78, 5) is 8.56. The summed E-state index contributed by atoms with van der Waals surface area (Å²) in [6.45, 7) is 13.7. The number of aromatic amines is 1. The lowest BCUT2D eigenvalue weighted by Crippen LogP contribution is -2.20. The smallest absolute Gasteiger partial charge is 0.106 e. The summed E-state index contributed by atoms with van der Waals surface area (Å²) < 4.78 is 0. The lowest BCUT2D eigenvalue weighted by Gasteiger charge is -2.25. The number of aromatic nitrogens is 2. The third-order valence-electron chi connectivity index (χ3n) is 4.18. The van der Waals surface area contributed by atoms with Gasteiger partial charge in [0.15, 0.2) is 0 Å². The molecule has 0 bridgehead atoms. The molecule has 0 saturated heterocycles. The molecule has 2 nitrogen and oxygen atoms in total. The van der Waals surface area contributed by atoms with Crippen molar-refractivity contribution >= 4 is 0 Å². The Labute approximate surface area is 125 Å². The molecule has 0 unspecified atom stereocenters. The molecule has 0 aromatic carbocycles. The Morgan fingerprint density at radius 3 is 2.25 bits per heavy atom. The summed E-state index contributed by atoms with van der Waals surface area (Å²) in [6, 6.07) is 0. The first-order valence-corrected chi connectivity index (χ1v) is 8.51. The summed E-state index contributed by atoms with van der Waals surface area (Å²) in [6.07, 6.45) is 8.69. The molecule has 0 aliphatic carbocycles. The van der Waals surface area contributed by atoms with Gasteiger partial charge in [0.25, 0.3) is 0 Å². The van der Waals surface area contributed by atoms with Crippen molar-refractivity contribution in [3.8, 4) is 0 Å². The highest BCUT2D eigenvalue weighted by molar-refractivity contribution is 5.25. The van der Waals surface area contributed by atoms with E-state index in [9.17, 15) is 0 Å². The van der Waals surface area contributed by atoms with Crippen LogP contribution in [-0.4, -0.2) is 9.97 Å². The molecular formula is C18H34N2. The van der Waals surface area contributed by atoms with E-state index in [1.54, 1.807) is 0 Å².